The molecule has 0 aromatic rings. The fourth-order valence-electron chi connectivity index (χ4n) is 2.05. The number of esters is 1. The summed E-state index contributed by atoms with van der Waals surface area (Å²) in [5, 5.41) is 0. The number of carbonyl (C=O) groups is 2. The summed E-state index contributed by atoms with van der Waals surface area (Å²) >= 11 is 0. The van der Waals surface area contributed by atoms with Crippen LogP contribution in [-0.4, -0.2) is 80.5 Å². The molecule has 0 radical (unpaired) electrons. The first-order valence-corrected chi connectivity index (χ1v) is 7.07. The Balaban J connectivity index is 2.41. The molecule has 1 amide bonds. The lowest BCUT2D eigenvalue weighted by Crippen LogP contribution is -2.52. The van der Waals surface area contributed by atoms with Crippen LogP contribution in [0.4, 0.5) is 4.79 Å². The third-order valence-corrected chi connectivity index (χ3v) is 3.20. The van der Waals surface area contributed by atoms with Gasteiger partial charge in [0.1, 0.15) is 5.60 Å². The highest BCUT2D eigenvalue weighted by Gasteiger charge is 2.28. The number of ether oxygens (including phenoxy) is 3. The largest absolute Gasteiger partial charge is 0.467 e. The van der Waals surface area contributed by atoms with Crippen molar-refractivity contribution in [2.24, 2.45) is 0 Å². The van der Waals surface area contributed by atoms with Crippen LogP contribution in [0.25, 0.3) is 0 Å². The van der Waals surface area contributed by atoms with Gasteiger partial charge < -0.3 is 19.1 Å². The van der Waals surface area contributed by atoms with Crippen molar-refractivity contribution >= 4 is 12.1 Å². The van der Waals surface area contributed by atoms with Crippen LogP contribution >= 0.6 is 0 Å². The maximum absolute atomic E-state index is 11.9. The zero-order valence-electron chi connectivity index (χ0n) is 13.5. The molecule has 0 saturated carbocycles. The molecule has 0 aromatic heterocycles. The Morgan fingerprint density at radius 2 is 1.67 bits per heavy atom. The van der Waals surface area contributed by atoms with Gasteiger partial charge >= 0.3 is 12.1 Å². The number of nitrogens with zero attached hydrogens (tertiary/aromatic N) is 2. The third kappa shape index (κ3) is 5.89. The summed E-state index contributed by atoms with van der Waals surface area (Å²) in [4.78, 5) is 27.2. The molecule has 7 heteroatoms. The van der Waals surface area contributed by atoms with Crippen molar-refractivity contribution in [3.8, 4) is 0 Å². The molecule has 1 aliphatic heterocycles. The zero-order chi connectivity index (χ0) is 16.0. The Hall–Kier alpha value is -1.34. The van der Waals surface area contributed by atoms with Crippen LogP contribution in [0.1, 0.15) is 20.8 Å². The molecule has 0 spiro atoms. The van der Waals surface area contributed by atoms with E-state index in [9.17, 15) is 9.59 Å². The average Bonchev–Trinajstić information content (AvgIpc) is 2.42. The topological polar surface area (TPSA) is 68.3 Å². The summed E-state index contributed by atoms with van der Waals surface area (Å²) in [6, 6.07) is 0. The van der Waals surface area contributed by atoms with Crippen molar-refractivity contribution in [2.75, 3.05) is 46.9 Å². The minimum Gasteiger partial charge on any atom is -0.467 e. The second-order valence-electron chi connectivity index (χ2n) is 6.02. The predicted molar refractivity (Wildman–Crippen MR) is 77.1 cm³/mol. The summed E-state index contributed by atoms with van der Waals surface area (Å²) in [5.74, 6) is -0.382. The fraction of sp³-hybridized carbons (Fsp3) is 0.857. The Morgan fingerprint density at radius 3 is 2.10 bits per heavy atom. The van der Waals surface area contributed by atoms with Crippen LogP contribution < -0.4 is 0 Å². The molecule has 1 heterocycles. The number of hydrogen-bond acceptors (Lipinski definition) is 6. The van der Waals surface area contributed by atoms with E-state index < -0.39 is 11.7 Å². The van der Waals surface area contributed by atoms with Gasteiger partial charge in [0.25, 0.3) is 0 Å². The molecule has 0 aromatic carbocycles. The summed E-state index contributed by atoms with van der Waals surface area (Å²) in [7, 11) is 2.83. The van der Waals surface area contributed by atoms with Crippen LogP contribution in [0, 0.1) is 0 Å². The van der Waals surface area contributed by atoms with Crippen molar-refractivity contribution in [3.63, 3.8) is 0 Å². The number of amides is 1. The highest BCUT2D eigenvalue weighted by Crippen LogP contribution is 2.12. The first-order valence-electron chi connectivity index (χ1n) is 7.07. The lowest BCUT2D eigenvalue weighted by atomic mass is 10.2. The molecule has 1 saturated heterocycles. The molecule has 1 fully saturated rings. The van der Waals surface area contributed by atoms with Crippen LogP contribution in [0.15, 0.2) is 0 Å². The molecule has 0 N–H and O–H groups in total. The molecule has 1 aliphatic rings. The first kappa shape index (κ1) is 17.7. The number of methoxy groups -OCH3 is 2. The lowest BCUT2D eigenvalue weighted by molar-refractivity contribution is -0.153. The molecule has 1 unspecified atom stereocenters. The third-order valence-electron chi connectivity index (χ3n) is 3.20. The van der Waals surface area contributed by atoms with E-state index >= 15 is 0 Å². The van der Waals surface area contributed by atoms with Crippen molar-refractivity contribution in [3.05, 3.63) is 0 Å². The molecule has 0 bridgehead atoms. The maximum Gasteiger partial charge on any atom is 0.410 e. The van der Waals surface area contributed by atoms with E-state index in [4.69, 9.17) is 9.47 Å². The quantitative estimate of drug-likeness (QED) is 0.713. The van der Waals surface area contributed by atoms with E-state index in [0.29, 0.717) is 32.7 Å². The number of hydrogen-bond donors (Lipinski definition) is 0. The number of carbonyl (C=O) groups excluding carboxylic acids is 2. The van der Waals surface area contributed by atoms with Crippen molar-refractivity contribution in [2.45, 2.75) is 32.5 Å². The van der Waals surface area contributed by atoms with Gasteiger partial charge in [-0.05, 0) is 20.8 Å². The smallest absolute Gasteiger partial charge is 0.410 e. The highest BCUT2D eigenvalue weighted by atomic mass is 16.6. The SMILES string of the molecule is COC(=O)C(CN1CCN(C(=O)OC(C)(C)C)CC1)OC. The molecule has 21 heavy (non-hydrogen) atoms. The van der Waals surface area contributed by atoms with Gasteiger partial charge in [-0.2, -0.15) is 0 Å². The van der Waals surface area contributed by atoms with Crippen LogP contribution in [0.5, 0.6) is 0 Å². The van der Waals surface area contributed by atoms with Crippen LogP contribution in [0.2, 0.25) is 0 Å². The normalized spacial score (nSPS) is 18.2. The summed E-state index contributed by atoms with van der Waals surface area (Å²) < 4.78 is 15.1. The van der Waals surface area contributed by atoms with Gasteiger partial charge in [0.15, 0.2) is 6.10 Å². The molecule has 1 rings (SSSR count). The van der Waals surface area contributed by atoms with E-state index in [1.54, 1.807) is 4.90 Å². The first-order chi connectivity index (χ1) is 9.76. The predicted octanol–water partition coefficient (Wildman–Crippen LogP) is 0.727. The van der Waals surface area contributed by atoms with Gasteiger partial charge in [0, 0.05) is 39.8 Å². The maximum atomic E-state index is 11.9. The monoisotopic (exact) mass is 302 g/mol. The zero-order valence-corrected chi connectivity index (χ0v) is 13.5. The Morgan fingerprint density at radius 1 is 1.10 bits per heavy atom. The Labute approximate surface area is 126 Å². The summed E-state index contributed by atoms with van der Waals surface area (Å²) in [6.45, 7) is 8.51. The van der Waals surface area contributed by atoms with Gasteiger partial charge in [-0.3, -0.25) is 4.90 Å². The van der Waals surface area contributed by atoms with Gasteiger partial charge in [-0.25, -0.2) is 9.59 Å². The second-order valence-corrected chi connectivity index (χ2v) is 6.02. The fourth-order valence-corrected chi connectivity index (χ4v) is 2.05. The lowest BCUT2D eigenvalue weighted by Gasteiger charge is -2.36. The standard InChI is InChI=1S/C14H26N2O5/c1-14(2,3)21-13(18)16-8-6-15(7-9-16)10-11(19-4)12(17)20-5/h11H,6-10H2,1-5H3. The van der Waals surface area contributed by atoms with Gasteiger partial charge in [0.2, 0.25) is 0 Å². The number of rotatable bonds is 4. The van der Waals surface area contributed by atoms with Crippen molar-refractivity contribution in [1.29, 1.82) is 0 Å². The minimum absolute atomic E-state index is 0.293. The highest BCUT2D eigenvalue weighted by molar-refractivity contribution is 5.74. The molecule has 0 aliphatic carbocycles. The van der Waals surface area contributed by atoms with Crippen LogP contribution in [0.3, 0.4) is 0 Å². The average molecular weight is 302 g/mol. The summed E-state index contributed by atoms with van der Waals surface area (Å²) in [5.41, 5.74) is -0.486. The summed E-state index contributed by atoms with van der Waals surface area (Å²) in [6.07, 6.45) is -0.888. The van der Waals surface area contributed by atoms with E-state index in [-0.39, 0.29) is 12.1 Å². The van der Waals surface area contributed by atoms with E-state index in [1.165, 1.54) is 14.2 Å². The Kier molecular flexibility index (Phi) is 6.42. The van der Waals surface area contributed by atoms with Crippen LogP contribution in [-0.2, 0) is 19.0 Å². The van der Waals surface area contributed by atoms with Gasteiger partial charge in [-0.15, -0.1) is 0 Å². The second kappa shape index (κ2) is 7.61. The number of piperazine rings is 1. The molecule has 7 nitrogen and oxygen atoms in total. The molecule has 1 atom stereocenters. The molecular formula is C14H26N2O5. The van der Waals surface area contributed by atoms with Crippen molar-refractivity contribution < 1.29 is 23.8 Å². The van der Waals surface area contributed by atoms with E-state index in [2.05, 4.69) is 9.64 Å². The molecule has 122 valence electrons. The van der Waals surface area contributed by atoms with E-state index in [0.717, 1.165) is 0 Å². The van der Waals surface area contributed by atoms with Crippen molar-refractivity contribution in [1.82, 2.24) is 9.80 Å². The van der Waals surface area contributed by atoms with Gasteiger partial charge in [-0.1, -0.05) is 0 Å². The van der Waals surface area contributed by atoms with Gasteiger partial charge in [0.05, 0.1) is 7.11 Å². The molecular weight excluding hydrogens is 276 g/mol. The Bertz CT molecular complexity index is 359. The van der Waals surface area contributed by atoms with E-state index in [1.807, 2.05) is 20.8 Å². The minimum atomic E-state index is -0.594.